The van der Waals surface area contributed by atoms with Gasteiger partial charge in [-0.15, -0.1) is 0 Å². The Hall–Kier alpha value is -3.46. The lowest BCUT2D eigenvalue weighted by molar-refractivity contribution is -0.116. The van der Waals surface area contributed by atoms with E-state index in [1.807, 2.05) is 32.0 Å². The molecule has 2 aliphatic heterocycles. The van der Waals surface area contributed by atoms with Crippen molar-refractivity contribution in [3.05, 3.63) is 64.8 Å². The van der Waals surface area contributed by atoms with Crippen LogP contribution in [0.3, 0.4) is 0 Å². The molecule has 4 heterocycles. The van der Waals surface area contributed by atoms with Crippen molar-refractivity contribution in [1.82, 2.24) is 25.2 Å². The summed E-state index contributed by atoms with van der Waals surface area (Å²) in [7, 11) is 0. The van der Waals surface area contributed by atoms with Crippen LogP contribution in [0.25, 0.3) is 0 Å². The molecule has 9 nitrogen and oxygen atoms in total. The van der Waals surface area contributed by atoms with Crippen LogP contribution in [-0.2, 0) is 17.9 Å². The minimum atomic E-state index is -0.324. The van der Waals surface area contributed by atoms with E-state index in [1.165, 1.54) is 10.5 Å². The molecule has 30 heavy (non-hydrogen) atoms. The van der Waals surface area contributed by atoms with Crippen molar-refractivity contribution < 1.29 is 14.1 Å². The van der Waals surface area contributed by atoms with Gasteiger partial charge in [-0.1, -0.05) is 29.4 Å². The lowest BCUT2D eigenvalue weighted by Gasteiger charge is -2.18. The highest BCUT2D eigenvalue weighted by Gasteiger charge is 2.38. The Morgan fingerprint density at radius 1 is 1.20 bits per heavy atom. The van der Waals surface area contributed by atoms with Crippen molar-refractivity contribution in [3.63, 3.8) is 0 Å². The number of aromatic nitrogens is 3. The highest BCUT2D eigenvalue weighted by Crippen LogP contribution is 2.28. The van der Waals surface area contributed by atoms with Crippen LogP contribution in [0.4, 0.5) is 10.5 Å². The van der Waals surface area contributed by atoms with E-state index in [0.29, 0.717) is 24.8 Å². The standard InChI is InChI=1S/C21H22N6O3/c1-13-18(14(2)30-24-13)11-26-10-16(7-23-26)27-20(28)12-25(21(27)29)9-15-5-3-4-6-17(15)19-8-22-19/h3-7,10,19,22H,8-9,11-12H2,1-2H3/t19-/m1/s1. The molecule has 1 aromatic carbocycles. The largest absolute Gasteiger partial charge is 0.361 e. The number of hydrogen-bond acceptors (Lipinski definition) is 6. The molecule has 2 saturated heterocycles. The number of benzene rings is 1. The van der Waals surface area contributed by atoms with E-state index in [2.05, 4.69) is 21.6 Å². The van der Waals surface area contributed by atoms with Crippen molar-refractivity contribution in [3.8, 4) is 0 Å². The van der Waals surface area contributed by atoms with Gasteiger partial charge in [0, 0.05) is 30.9 Å². The zero-order valence-electron chi connectivity index (χ0n) is 16.8. The average molecular weight is 406 g/mol. The normalized spacial score (nSPS) is 18.5. The Morgan fingerprint density at radius 3 is 2.73 bits per heavy atom. The van der Waals surface area contributed by atoms with E-state index in [9.17, 15) is 9.59 Å². The number of carbonyl (C=O) groups is 2. The topological polar surface area (TPSA) is 106 Å². The molecule has 0 saturated carbocycles. The summed E-state index contributed by atoms with van der Waals surface area (Å²) in [6, 6.07) is 8.05. The SMILES string of the molecule is Cc1noc(C)c1Cn1cc(N2C(=O)CN(Cc3ccccc3[C@H]3CN3)C2=O)cn1. The van der Waals surface area contributed by atoms with Gasteiger partial charge < -0.3 is 14.7 Å². The Balaban J connectivity index is 1.33. The minimum absolute atomic E-state index is 0.0559. The van der Waals surface area contributed by atoms with E-state index in [-0.39, 0.29) is 18.5 Å². The maximum absolute atomic E-state index is 13.0. The van der Waals surface area contributed by atoms with E-state index in [1.54, 1.807) is 22.0 Å². The van der Waals surface area contributed by atoms with Gasteiger partial charge in [0.15, 0.2) is 0 Å². The Morgan fingerprint density at radius 2 is 2.00 bits per heavy atom. The summed E-state index contributed by atoms with van der Waals surface area (Å²) in [5.41, 5.74) is 4.45. The van der Waals surface area contributed by atoms with Crippen molar-refractivity contribution >= 4 is 17.6 Å². The highest BCUT2D eigenvalue weighted by atomic mass is 16.5. The fourth-order valence-electron chi connectivity index (χ4n) is 3.87. The first kappa shape index (κ1) is 18.6. The predicted octanol–water partition coefficient (Wildman–Crippen LogP) is 2.15. The van der Waals surface area contributed by atoms with Gasteiger partial charge in [-0.3, -0.25) is 9.48 Å². The van der Waals surface area contributed by atoms with Crippen LogP contribution in [0.5, 0.6) is 0 Å². The fraction of sp³-hybridized carbons (Fsp3) is 0.333. The van der Waals surface area contributed by atoms with Crippen molar-refractivity contribution in [2.24, 2.45) is 0 Å². The molecule has 2 fully saturated rings. The third-order valence-electron chi connectivity index (χ3n) is 5.62. The fourth-order valence-corrected chi connectivity index (χ4v) is 3.87. The van der Waals surface area contributed by atoms with Crippen LogP contribution >= 0.6 is 0 Å². The zero-order valence-corrected chi connectivity index (χ0v) is 16.8. The quantitative estimate of drug-likeness (QED) is 0.497. The molecule has 1 atom stereocenters. The van der Waals surface area contributed by atoms with Crippen LogP contribution in [0.15, 0.2) is 41.2 Å². The maximum Gasteiger partial charge on any atom is 0.332 e. The average Bonchev–Trinajstić information content (AvgIpc) is 3.32. The third kappa shape index (κ3) is 3.26. The summed E-state index contributed by atoms with van der Waals surface area (Å²) in [6.45, 7) is 5.59. The van der Waals surface area contributed by atoms with Gasteiger partial charge in [-0.05, 0) is 25.0 Å². The van der Waals surface area contributed by atoms with Gasteiger partial charge in [-0.25, -0.2) is 9.69 Å². The van der Waals surface area contributed by atoms with Gasteiger partial charge in [0.25, 0.3) is 5.91 Å². The molecule has 2 aliphatic rings. The second-order valence-corrected chi connectivity index (χ2v) is 7.73. The van der Waals surface area contributed by atoms with E-state index in [0.717, 1.165) is 29.1 Å². The summed E-state index contributed by atoms with van der Waals surface area (Å²) in [5.74, 6) is 0.479. The summed E-state index contributed by atoms with van der Waals surface area (Å²) in [6.07, 6.45) is 3.24. The molecule has 1 N–H and O–H groups in total. The summed E-state index contributed by atoms with van der Waals surface area (Å²) in [4.78, 5) is 28.4. The van der Waals surface area contributed by atoms with Crippen LogP contribution in [0.2, 0.25) is 0 Å². The Labute approximate surface area is 173 Å². The summed E-state index contributed by atoms with van der Waals surface area (Å²) in [5, 5.41) is 11.6. The second-order valence-electron chi connectivity index (χ2n) is 7.73. The van der Waals surface area contributed by atoms with E-state index >= 15 is 0 Å². The molecule has 0 unspecified atom stereocenters. The highest BCUT2D eigenvalue weighted by molar-refractivity contribution is 6.19. The molecule has 2 aromatic heterocycles. The zero-order chi connectivity index (χ0) is 20.8. The summed E-state index contributed by atoms with van der Waals surface area (Å²) >= 11 is 0. The van der Waals surface area contributed by atoms with Crippen LogP contribution in [0.1, 0.15) is 34.2 Å². The summed E-state index contributed by atoms with van der Waals surface area (Å²) < 4.78 is 6.87. The number of rotatable bonds is 6. The number of imide groups is 1. The molecule has 0 radical (unpaired) electrons. The molecule has 0 spiro atoms. The smallest absolute Gasteiger partial charge is 0.332 e. The monoisotopic (exact) mass is 406 g/mol. The molecule has 5 rings (SSSR count). The van der Waals surface area contributed by atoms with Crippen molar-refractivity contribution in [1.29, 1.82) is 0 Å². The molecule has 0 aliphatic carbocycles. The van der Waals surface area contributed by atoms with E-state index in [4.69, 9.17) is 4.52 Å². The second kappa shape index (κ2) is 7.10. The molecule has 9 heteroatoms. The van der Waals surface area contributed by atoms with Gasteiger partial charge >= 0.3 is 6.03 Å². The maximum atomic E-state index is 13.0. The number of nitrogens with zero attached hydrogens (tertiary/aromatic N) is 5. The van der Waals surface area contributed by atoms with E-state index < -0.39 is 0 Å². The van der Waals surface area contributed by atoms with Crippen molar-refractivity contribution in [2.75, 3.05) is 18.0 Å². The number of carbonyl (C=O) groups excluding carboxylic acids is 2. The number of nitrogens with one attached hydrogen (secondary N) is 1. The predicted molar refractivity (Wildman–Crippen MR) is 108 cm³/mol. The van der Waals surface area contributed by atoms with Crippen LogP contribution in [-0.4, -0.2) is 44.9 Å². The molecular weight excluding hydrogens is 384 g/mol. The Bertz CT molecular complexity index is 1110. The lowest BCUT2D eigenvalue weighted by atomic mass is 10.0. The lowest BCUT2D eigenvalue weighted by Crippen LogP contribution is -2.32. The first-order valence-corrected chi connectivity index (χ1v) is 9.88. The number of amides is 3. The third-order valence-corrected chi connectivity index (χ3v) is 5.62. The number of hydrogen-bond donors (Lipinski definition) is 1. The molecule has 154 valence electrons. The van der Waals surface area contributed by atoms with Crippen LogP contribution < -0.4 is 10.2 Å². The molecule has 3 aromatic rings. The van der Waals surface area contributed by atoms with Crippen molar-refractivity contribution in [2.45, 2.75) is 33.0 Å². The number of aryl methyl sites for hydroxylation is 2. The Kier molecular flexibility index (Phi) is 4.39. The minimum Gasteiger partial charge on any atom is -0.361 e. The van der Waals surface area contributed by atoms with Crippen LogP contribution in [0, 0.1) is 13.8 Å². The number of urea groups is 1. The molecule has 3 amide bonds. The van der Waals surface area contributed by atoms with Gasteiger partial charge in [-0.2, -0.15) is 5.10 Å². The molecule has 0 bridgehead atoms. The first-order valence-electron chi connectivity index (χ1n) is 9.88. The molecular formula is C21H22N6O3. The number of anilines is 1. The van der Waals surface area contributed by atoms with Gasteiger partial charge in [0.2, 0.25) is 0 Å². The first-order chi connectivity index (χ1) is 14.5. The van der Waals surface area contributed by atoms with Gasteiger partial charge in [0.1, 0.15) is 12.3 Å². The van der Waals surface area contributed by atoms with Gasteiger partial charge in [0.05, 0.1) is 24.1 Å².